The van der Waals surface area contributed by atoms with Gasteiger partial charge in [-0.1, -0.05) is 50.5 Å². The summed E-state index contributed by atoms with van der Waals surface area (Å²) in [4.78, 5) is 4.68. The highest BCUT2D eigenvalue weighted by Crippen LogP contribution is 2.14. The van der Waals surface area contributed by atoms with Crippen LogP contribution in [0.15, 0.2) is 29.3 Å². The van der Waals surface area contributed by atoms with Crippen molar-refractivity contribution in [2.24, 2.45) is 4.99 Å². The number of nitrogens with one attached hydrogen (secondary N) is 3. The number of unbranched alkanes of at least 4 members (excludes halogenated alkanes) is 2. The van der Waals surface area contributed by atoms with Crippen molar-refractivity contribution < 1.29 is 8.42 Å². The first kappa shape index (κ1) is 28.1. The van der Waals surface area contributed by atoms with Crippen molar-refractivity contribution >= 4 is 40.0 Å². The Hall–Kier alpha value is -0.870. The van der Waals surface area contributed by atoms with E-state index in [-0.39, 0.29) is 35.8 Å². The lowest BCUT2D eigenvalue weighted by Gasteiger charge is -2.18. The molecule has 0 bridgehead atoms. The lowest BCUT2D eigenvalue weighted by molar-refractivity contribution is 0.547. The molecule has 0 aromatic heterocycles. The van der Waals surface area contributed by atoms with Crippen molar-refractivity contribution in [1.82, 2.24) is 15.4 Å². The standard InChI is InChI=1S/C21H38N4O2S.HI/c1-6-8-9-12-18(5)24-21(22-7-2)23-15-19-13-10-11-14-20(19)16-28(26,27)25-17(3)4;/h10-11,13-14,17-18,25H,6-9,12,15-16H2,1-5H3,(H2,22,23,24);1H. The van der Waals surface area contributed by atoms with Gasteiger partial charge in [-0.25, -0.2) is 18.1 Å². The van der Waals surface area contributed by atoms with Gasteiger partial charge >= 0.3 is 0 Å². The first-order valence-corrected chi connectivity index (χ1v) is 12.0. The molecule has 0 saturated heterocycles. The fourth-order valence-electron chi connectivity index (χ4n) is 2.95. The maximum Gasteiger partial charge on any atom is 0.216 e. The fourth-order valence-corrected chi connectivity index (χ4v) is 4.44. The summed E-state index contributed by atoms with van der Waals surface area (Å²) in [7, 11) is -3.37. The molecule has 0 saturated carbocycles. The van der Waals surface area contributed by atoms with Gasteiger partial charge in [-0.3, -0.25) is 0 Å². The molecule has 8 heteroatoms. The van der Waals surface area contributed by atoms with Gasteiger partial charge in [0.15, 0.2) is 5.96 Å². The Morgan fingerprint density at radius 3 is 2.31 bits per heavy atom. The molecule has 0 fully saturated rings. The Morgan fingerprint density at radius 2 is 1.72 bits per heavy atom. The minimum Gasteiger partial charge on any atom is -0.357 e. The number of sulfonamides is 1. The number of rotatable bonds is 12. The van der Waals surface area contributed by atoms with Crippen molar-refractivity contribution in [3.8, 4) is 0 Å². The molecule has 0 aliphatic rings. The molecule has 0 spiro atoms. The molecule has 0 radical (unpaired) electrons. The van der Waals surface area contributed by atoms with Gasteiger partial charge in [-0.2, -0.15) is 0 Å². The first-order chi connectivity index (χ1) is 13.3. The van der Waals surface area contributed by atoms with Crippen LogP contribution in [0.3, 0.4) is 0 Å². The number of hydrogen-bond donors (Lipinski definition) is 3. The Balaban J connectivity index is 0.00000784. The highest BCUT2D eigenvalue weighted by atomic mass is 127. The Kier molecular flexibility index (Phi) is 14.6. The third kappa shape index (κ3) is 12.4. The summed E-state index contributed by atoms with van der Waals surface area (Å²) in [5, 5.41) is 6.73. The van der Waals surface area contributed by atoms with Crippen LogP contribution in [0.25, 0.3) is 0 Å². The van der Waals surface area contributed by atoms with E-state index >= 15 is 0 Å². The molecule has 1 atom stereocenters. The van der Waals surface area contributed by atoms with Crippen LogP contribution in [-0.2, 0) is 22.3 Å². The Labute approximate surface area is 194 Å². The zero-order valence-corrected chi connectivity index (χ0v) is 21.6. The second-order valence-corrected chi connectivity index (χ2v) is 9.29. The molecule has 1 unspecified atom stereocenters. The number of hydrogen-bond acceptors (Lipinski definition) is 3. The third-order valence-electron chi connectivity index (χ3n) is 4.25. The average molecular weight is 539 g/mol. The largest absolute Gasteiger partial charge is 0.357 e. The van der Waals surface area contributed by atoms with Crippen LogP contribution in [0.5, 0.6) is 0 Å². The van der Waals surface area contributed by atoms with Crippen molar-refractivity contribution in [2.75, 3.05) is 6.54 Å². The monoisotopic (exact) mass is 538 g/mol. The minimum atomic E-state index is -3.37. The van der Waals surface area contributed by atoms with Crippen LogP contribution in [-0.4, -0.2) is 33.0 Å². The summed E-state index contributed by atoms with van der Waals surface area (Å²) in [5.74, 6) is 0.735. The van der Waals surface area contributed by atoms with Gasteiger partial charge in [-0.15, -0.1) is 24.0 Å². The summed E-state index contributed by atoms with van der Waals surface area (Å²) in [6.45, 7) is 11.3. The number of nitrogens with zero attached hydrogens (tertiary/aromatic N) is 1. The lowest BCUT2D eigenvalue weighted by atomic mass is 10.1. The van der Waals surface area contributed by atoms with E-state index < -0.39 is 10.0 Å². The highest BCUT2D eigenvalue weighted by molar-refractivity contribution is 14.0. The topological polar surface area (TPSA) is 82.6 Å². The van der Waals surface area contributed by atoms with Crippen LogP contribution in [0.2, 0.25) is 0 Å². The summed E-state index contributed by atoms with van der Waals surface area (Å²) in [5.41, 5.74) is 1.71. The van der Waals surface area contributed by atoms with Crippen LogP contribution < -0.4 is 15.4 Å². The average Bonchev–Trinajstić information content (AvgIpc) is 2.59. The molecule has 0 aliphatic carbocycles. The molecule has 0 amide bonds. The SMILES string of the molecule is CCCCCC(C)NC(=NCc1ccccc1CS(=O)(=O)NC(C)C)NCC.I. The molecule has 3 N–H and O–H groups in total. The van der Waals surface area contributed by atoms with E-state index in [4.69, 9.17) is 0 Å². The predicted molar refractivity (Wildman–Crippen MR) is 134 cm³/mol. The first-order valence-electron chi connectivity index (χ1n) is 10.4. The summed E-state index contributed by atoms with van der Waals surface area (Å²) >= 11 is 0. The molecule has 1 aromatic rings. The normalized spacial score (nSPS) is 13.1. The maximum absolute atomic E-state index is 12.3. The fraction of sp³-hybridized carbons (Fsp3) is 0.667. The van der Waals surface area contributed by atoms with E-state index in [0.717, 1.165) is 30.1 Å². The predicted octanol–water partition coefficient (Wildman–Crippen LogP) is 4.16. The number of guanidine groups is 1. The van der Waals surface area contributed by atoms with Crippen LogP contribution in [0.1, 0.15) is 71.4 Å². The van der Waals surface area contributed by atoms with E-state index in [1.54, 1.807) is 0 Å². The van der Waals surface area contributed by atoms with Crippen molar-refractivity contribution in [3.05, 3.63) is 35.4 Å². The lowest BCUT2D eigenvalue weighted by Crippen LogP contribution is -2.42. The molecule has 1 aromatic carbocycles. The van der Waals surface area contributed by atoms with E-state index in [0.29, 0.717) is 12.6 Å². The zero-order chi connectivity index (χ0) is 21.0. The smallest absolute Gasteiger partial charge is 0.216 e. The number of halogens is 1. The molecular formula is C21H39IN4O2S. The van der Waals surface area contributed by atoms with Gasteiger partial charge < -0.3 is 10.6 Å². The zero-order valence-electron chi connectivity index (χ0n) is 18.5. The number of benzene rings is 1. The van der Waals surface area contributed by atoms with Gasteiger partial charge in [-0.05, 0) is 45.2 Å². The second-order valence-electron chi connectivity index (χ2n) is 7.54. The summed E-state index contributed by atoms with van der Waals surface area (Å²) < 4.78 is 27.2. The second kappa shape index (κ2) is 15.0. The van der Waals surface area contributed by atoms with Gasteiger partial charge in [0, 0.05) is 18.6 Å². The van der Waals surface area contributed by atoms with Gasteiger partial charge in [0.2, 0.25) is 10.0 Å². The number of aliphatic imine (C=N–C) groups is 1. The molecule has 168 valence electrons. The quantitative estimate of drug-likeness (QED) is 0.162. The third-order valence-corrected chi connectivity index (χ3v) is 5.78. The van der Waals surface area contributed by atoms with Crippen LogP contribution in [0.4, 0.5) is 0 Å². The summed E-state index contributed by atoms with van der Waals surface area (Å²) in [6, 6.07) is 7.82. The minimum absolute atomic E-state index is 0. The van der Waals surface area contributed by atoms with Crippen LogP contribution in [0, 0.1) is 0 Å². The van der Waals surface area contributed by atoms with Crippen LogP contribution >= 0.6 is 24.0 Å². The Bertz CT molecular complexity index is 708. The van der Waals surface area contributed by atoms with E-state index in [9.17, 15) is 8.42 Å². The van der Waals surface area contributed by atoms with Crippen molar-refractivity contribution in [1.29, 1.82) is 0 Å². The molecule has 1 rings (SSSR count). The van der Waals surface area contributed by atoms with Gasteiger partial charge in [0.05, 0.1) is 12.3 Å². The maximum atomic E-state index is 12.3. The molecular weight excluding hydrogens is 499 g/mol. The van der Waals surface area contributed by atoms with E-state index in [2.05, 4.69) is 34.2 Å². The summed E-state index contributed by atoms with van der Waals surface area (Å²) in [6.07, 6.45) is 4.76. The van der Waals surface area contributed by atoms with E-state index in [1.165, 1.54) is 19.3 Å². The van der Waals surface area contributed by atoms with E-state index in [1.807, 2.05) is 45.0 Å². The van der Waals surface area contributed by atoms with Gasteiger partial charge in [0.25, 0.3) is 0 Å². The molecule has 6 nitrogen and oxygen atoms in total. The van der Waals surface area contributed by atoms with Crippen molar-refractivity contribution in [3.63, 3.8) is 0 Å². The molecule has 0 heterocycles. The van der Waals surface area contributed by atoms with Crippen molar-refractivity contribution in [2.45, 2.75) is 84.7 Å². The molecule has 29 heavy (non-hydrogen) atoms. The van der Waals surface area contributed by atoms with Gasteiger partial charge in [0.1, 0.15) is 0 Å². The molecule has 0 aliphatic heterocycles. The Morgan fingerprint density at radius 1 is 1.07 bits per heavy atom. The highest BCUT2D eigenvalue weighted by Gasteiger charge is 2.15.